The van der Waals surface area contributed by atoms with Crippen LogP contribution in [0.25, 0.3) is 27.6 Å². The van der Waals surface area contributed by atoms with Crippen LogP contribution in [0.1, 0.15) is 5.69 Å². The van der Waals surface area contributed by atoms with Crippen LogP contribution in [0.5, 0.6) is 5.75 Å². The van der Waals surface area contributed by atoms with Gasteiger partial charge in [-0.2, -0.15) is 9.78 Å². The molecule has 7 nitrogen and oxygen atoms in total. The van der Waals surface area contributed by atoms with Gasteiger partial charge in [-0.3, -0.25) is 4.79 Å². The first-order valence-corrected chi connectivity index (χ1v) is 10.6. The topological polar surface area (TPSA) is 82.2 Å². The van der Waals surface area contributed by atoms with E-state index in [0.717, 1.165) is 16.7 Å². The normalized spacial score (nSPS) is 11.1. The molecule has 0 aliphatic carbocycles. The van der Waals surface area contributed by atoms with E-state index in [4.69, 9.17) is 9.15 Å². The molecule has 160 valence electrons. The number of hydrogen-bond acceptors (Lipinski definition) is 6. The predicted molar refractivity (Wildman–Crippen MR) is 120 cm³/mol. The van der Waals surface area contributed by atoms with Gasteiger partial charge in [-0.05, 0) is 43.3 Å². The summed E-state index contributed by atoms with van der Waals surface area (Å²) in [6.45, 7) is 1.60. The number of hydrogen-bond donors (Lipinski definition) is 1. The minimum Gasteiger partial charge on any atom is -0.484 e. The van der Waals surface area contributed by atoms with Crippen LogP contribution in [0, 0.1) is 12.7 Å². The monoisotopic (exact) mass is 448 g/mol. The van der Waals surface area contributed by atoms with Gasteiger partial charge < -0.3 is 14.5 Å². The van der Waals surface area contributed by atoms with Gasteiger partial charge in [0.1, 0.15) is 28.7 Å². The maximum absolute atomic E-state index is 13.0. The zero-order valence-electron chi connectivity index (χ0n) is 16.9. The molecule has 32 heavy (non-hydrogen) atoms. The fraction of sp³-hybridized carbons (Fsp3) is 0.0870. The lowest BCUT2D eigenvalue weighted by molar-refractivity contribution is -0.118. The summed E-state index contributed by atoms with van der Waals surface area (Å²) in [4.78, 5) is 17.0. The third-order valence-corrected chi connectivity index (χ3v) is 5.45. The van der Waals surface area contributed by atoms with Crippen molar-refractivity contribution in [3.63, 3.8) is 0 Å². The zero-order valence-corrected chi connectivity index (χ0v) is 17.7. The Balaban J connectivity index is 1.33. The largest absolute Gasteiger partial charge is 0.484 e. The van der Waals surface area contributed by atoms with Crippen LogP contribution in [-0.2, 0) is 4.79 Å². The molecule has 0 aliphatic heterocycles. The Kier molecular flexibility index (Phi) is 5.16. The van der Waals surface area contributed by atoms with Gasteiger partial charge in [0.2, 0.25) is 5.13 Å². The van der Waals surface area contributed by atoms with E-state index in [-0.39, 0.29) is 18.3 Å². The highest BCUT2D eigenvalue weighted by Gasteiger charge is 2.16. The summed E-state index contributed by atoms with van der Waals surface area (Å²) < 4.78 is 25.9. The molecule has 0 saturated heterocycles. The number of amides is 1. The number of aromatic nitrogens is 3. The number of nitrogens with one attached hydrogen (secondary N) is 1. The maximum Gasteiger partial charge on any atom is 0.263 e. The summed E-state index contributed by atoms with van der Waals surface area (Å²) in [6.07, 6.45) is 0. The standard InChI is InChI=1S/C23H17FN4O3S/c1-14-10-21(26-22(29)12-30-17-8-6-16(24)7-9-17)28(27-14)23-25-18(13-32-23)20-11-15-4-2-3-5-19(15)31-20/h2-11,13H,12H2,1H3,(H,26,29). The Labute approximate surface area is 186 Å². The molecule has 2 aromatic carbocycles. The Morgan fingerprint density at radius 1 is 1.19 bits per heavy atom. The van der Waals surface area contributed by atoms with Crippen LogP contribution in [-0.4, -0.2) is 27.3 Å². The zero-order chi connectivity index (χ0) is 22.1. The fourth-order valence-electron chi connectivity index (χ4n) is 3.18. The number of aryl methyl sites for hydroxylation is 1. The van der Waals surface area contributed by atoms with Crippen molar-refractivity contribution >= 4 is 34.0 Å². The summed E-state index contributed by atoms with van der Waals surface area (Å²) in [7, 11) is 0. The first kappa shape index (κ1) is 20.0. The molecule has 0 aliphatic rings. The van der Waals surface area contributed by atoms with Crippen molar-refractivity contribution in [2.75, 3.05) is 11.9 Å². The fourth-order valence-corrected chi connectivity index (χ4v) is 3.95. The molecule has 0 fully saturated rings. The molecule has 0 saturated carbocycles. The van der Waals surface area contributed by atoms with E-state index in [9.17, 15) is 9.18 Å². The van der Waals surface area contributed by atoms with Crippen molar-refractivity contribution in [3.8, 4) is 22.3 Å². The molecular weight excluding hydrogens is 431 g/mol. The number of furan rings is 1. The molecule has 0 unspecified atom stereocenters. The summed E-state index contributed by atoms with van der Waals surface area (Å²) in [5.74, 6) is 0.800. The lowest BCUT2D eigenvalue weighted by Gasteiger charge is -2.08. The van der Waals surface area contributed by atoms with E-state index in [1.54, 1.807) is 10.7 Å². The Hall–Kier alpha value is -3.98. The molecule has 0 bridgehead atoms. The van der Waals surface area contributed by atoms with Crippen molar-refractivity contribution in [1.29, 1.82) is 0 Å². The van der Waals surface area contributed by atoms with Gasteiger partial charge >= 0.3 is 0 Å². The second-order valence-electron chi connectivity index (χ2n) is 7.04. The van der Waals surface area contributed by atoms with E-state index in [0.29, 0.717) is 28.2 Å². The number of thiazole rings is 1. The number of carbonyl (C=O) groups is 1. The molecule has 9 heteroatoms. The van der Waals surface area contributed by atoms with Crippen molar-refractivity contribution in [2.24, 2.45) is 0 Å². The van der Waals surface area contributed by atoms with Gasteiger partial charge in [0.15, 0.2) is 12.4 Å². The summed E-state index contributed by atoms with van der Waals surface area (Å²) in [5, 5.41) is 10.7. The third kappa shape index (κ3) is 4.10. The summed E-state index contributed by atoms with van der Waals surface area (Å²) in [5.41, 5.74) is 2.20. The minimum absolute atomic E-state index is 0.224. The van der Waals surface area contributed by atoms with Crippen LogP contribution in [0.3, 0.4) is 0 Å². The highest BCUT2D eigenvalue weighted by Crippen LogP contribution is 2.30. The molecule has 5 rings (SSSR count). The van der Waals surface area contributed by atoms with Crippen LogP contribution in [0.15, 0.2) is 70.5 Å². The number of rotatable bonds is 6. The van der Waals surface area contributed by atoms with Gasteiger partial charge in [0.05, 0.1) is 5.69 Å². The van der Waals surface area contributed by atoms with Crippen molar-refractivity contribution in [3.05, 3.63) is 77.6 Å². The van der Waals surface area contributed by atoms with E-state index >= 15 is 0 Å². The lowest BCUT2D eigenvalue weighted by atomic mass is 10.2. The minimum atomic E-state index is -0.371. The Bertz CT molecular complexity index is 1370. The second-order valence-corrected chi connectivity index (χ2v) is 7.87. The number of ether oxygens (including phenoxy) is 1. The molecule has 1 N–H and O–H groups in total. The molecule has 0 radical (unpaired) electrons. The molecule has 3 heterocycles. The van der Waals surface area contributed by atoms with E-state index in [1.165, 1.54) is 35.6 Å². The Morgan fingerprint density at radius 2 is 2.00 bits per heavy atom. The quantitative estimate of drug-likeness (QED) is 0.386. The molecule has 5 aromatic rings. The van der Waals surface area contributed by atoms with Gasteiger partial charge in [0, 0.05) is 16.8 Å². The molecule has 0 atom stereocenters. The van der Waals surface area contributed by atoms with Crippen molar-refractivity contribution in [2.45, 2.75) is 6.92 Å². The highest BCUT2D eigenvalue weighted by molar-refractivity contribution is 7.12. The smallest absolute Gasteiger partial charge is 0.263 e. The second kappa shape index (κ2) is 8.27. The number of fused-ring (bicyclic) bond motifs is 1. The van der Waals surface area contributed by atoms with Crippen LogP contribution >= 0.6 is 11.3 Å². The molecular formula is C23H17FN4O3S. The van der Waals surface area contributed by atoms with Gasteiger partial charge in [-0.1, -0.05) is 18.2 Å². The molecule has 3 aromatic heterocycles. The maximum atomic E-state index is 13.0. The number of nitrogens with zero attached hydrogens (tertiary/aromatic N) is 3. The highest BCUT2D eigenvalue weighted by atomic mass is 32.1. The van der Waals surface area contributed by atoms with Crippen LogP contribution in [0.4, 0.5) is 10.2 Å². The molecule has 1 amide bonds. The molecule has 0 spiro atoms. The lowest BCUT2D eigenvalue weighted by Crippen LogP contribution is -2.21. The van der Waals surface area contributed by atoms with E-state index in [1.807, 2.05) is 42.6 Å². The summed E-state index contributed by atoms with van der Waals surface area (Å²) in [6, 6.07) is 16.9. The van der Waals surface area contributed by atoms with Crippen molar-refractivity contribution in [1.82, 2.24) is 14.8 Å². The summed E-state index contributed by atoms with van der Waals surface area (Å²) >= 11 is 1.38. The number of carbonyl (C=O) groups excluding carboxylic acids is 1. The third-order valence-electron chi connectivity index (χ3n) is 4.63. The van der Waals surface area contributed by atoms with E-state index < -0.39 is 0 Å². The number of halogens is 1. The average Bonchev–Trinajstić information content (AvgIpc) is 3.51. The van der Waals surface area contributed by atoms with Gasteiger partial charge in [0.25, 0.3) is 5.91 Å². The number of benzene rings is 2. The van der Waals surface area contributed by atoms with Gasteiger partial charge in [-0.25, -0.2) is 9.37 Å². The van der Waals surface area contributed by atoms with Crippen LogP contribution < -0.4 is 10.1 Å². The first-order valence-electron chi connectivity index (χ1n) is 9.75. The number of para-hydroxylation sites is 1. The average molecular weight is 448 g/mol. The van der Waals surface area contributed by atoms with Crippen molar-refractivity contribution < 1.29 is 18.3 Å². The van der Waals surface area contributed by atoms with E-state index in [2.05, 4.69) is 15.4 Å². The van der Waals surface area contributed by atoms with Crippen LogP contribution in [0.2, 0.25) is 0 Å². The van der Waals surface area contributed by atoms with Gasteiger partial charge in [-0.15, -0.1) is 11.3 Å². The SMILES string of the molecule is Cc1cc(NC(=O)COc2ccc(F)cc2)n(-c2nc(-c3cc4ccccc4o3)cs2)n1. The Morgan fingerprint density at radius 3 is 2.81 bits per heavy atom. The first-order chi connectivity index (χ1) is 15.5. The predicted octanol–water partition coefficient (Wildman–Crippen LogP) is 5.21. The number of anilines is 1.